The summed E-state index contributed by atoms with van der Waals surface area (Å²) in [7, 11) is 0. The highest BCUT2D eigenvalue weighted by Crippen LogP contribution is 2.18. The fourth-order valence-corrected chi connectivity index (χ4v) is 2.76. The van der Waals surface area contributed by atoms with Gasteiger partial charge in [0.1, 0.15) is 11.6 Å². The van der Waals surface area contributed by atoms with Crippen LogP contribution in [0.4, 0.5) is 10.1 Å². The molecule has 6 heteroatoms. The lowest BCUT2D eigenvalue weighted by Crippen LogP contribution is -2.28. The molecular weight excluding hydrogens is 371 g/mol. The number of hydrogen-bond donors (Lipinski definition) is 2. The zero-order valence-electron chi connectivity index (χ0n) is 15.9. The van der Waals surface area contributed by atoms with Gasteiger partial charge in [0.2, 0.25) is 0 Å². The van der Waals surface area contributed by atoms with Crippen molar-refractivity contribution in [3.63, 3.8) is 0 Å². The lowest BCUT2D eigenvalue weighted by Gasteiger charge is -2.16. The molecule has 1 atom stereocenters. The first kappa shape index (κ1) is 20.1. The Hall–Kier alpha value is -3.67. The maximum absolute atomic E-state index is 12.9. The molecule has 0 saturated heterocycles. The van der Waals surface area contributed by atoms with E-state index in [0.717, 1.165) is 5.56 Å². The number of benzene rings is 3. The molecule has 0 aliphatic heterocycles. The monoisotopic (exact) mass is 392 g/mol. The molecule has 0 radical (unpaired) electrons. The summed E-state index contributed by atoms with van der Waals surface area (Å²) < 4.78 is 18.3. The molecule has 0 aliphatic carbocycles. The molecule has 3 aromatic rings. The zero-order chi connectivity index (χ0) is 20.6. The van der Waals surface area contributed by atoms with Crippen LogP contribution >= 0.6 is 0 Å². The Morgan fingerprint density at radius 1 is 0.931 bits per heavy atom. The molecule has 0 heterocycles. The van der Waals surface area contributed by atoms with E-state index in [4.69, 9.17) is 4.74 Å². The molecule has 0 aliphatic rings. The molecule has 0 fully saturated rings. The van der Waals surface area contributed by atoms with Crippen LogP contribution < -0.4 is 15.4 Å². The van der Waals surface area contributed by atoms with E-state index in [9.17, 15) is 14.0 Å². The summed E-state index contributed by atoms with van der Waals surface area (Å²) >= 11 is 0. The van der Waals surface area contributed by atoms with Crippen molar-refractivity contribution in [2.75, 3.05) is 11.9 Å². The third-order valence-corrected chi connectivity index (χ3v) is 4.28. The summed E-state index contributed by atoms with van der Waals surface area (Å²) in [4.78, 5) is 24.9. The van der Waals surface area contributed by atoms with Crippen LogP contribution in [0.15, 0.2) is 78.9 Å². The van der Waals surface area contributed by atoms with Gasteiger partial charge in [-0.25, -0.2) is 4.39 Å². The summed E-state index contributed by atoms with van der Waals surface area (Å²) in [6, 6.07) is 21.6. The maximum atomic E-state index is 12.9. The van der Waals surface area contributed by atoms with Gasteiger partial charge >= 0.3 is 0 Å². The van der Waals surface area contributed by atoms with Gasteiger partial charge in [0, 0.05) is 0 Å². The molecule has 0 saturated carbocycles. The number of anilines is 1. The van der Waals surface area contributed by atoms with Crippen LogP contribution in [0.5, 0.6) is 5.75 Å². The molecule has 148 valence electrons. The van der Waals surface area contributed by atoms with E-state index in [1.165, 1.54) is 24.3 Å². The topological polar surface area (TPSA) is 67.4 Å². The highest BCUT2D eigenvalue weighted by molar-refractivity contribution is 6.04. The largest absolute Gasteiger partial charge is 0.484 e. The Kier molecular flexibility index (Phi) is 6.58. The average Bonchev–Trinajstić information content (AvgIpc) is 2.74. The number of nitrogens with one attached hydrogen (secondary N) is 2. The van der Waals surface area contributed by atoms with Gasteiger partial charge in [-0.05, 0) is 48.9 Å². The molecule has 0 bridgehead atoms. The molecule has 0 spiro atoms. The minimum Gasteiger partial charge on any atom is -0.484 e. The normalized spacial score (nSPS) is 11.4. The quantitative estimate of drug-likeness (QED) is 0.629. The number of carbonyl (C=O) groups excluding carboxylic acids is 2. The molecular formula is C23H21FN2O3. The van der Waals surface area contributed by atoms with Gasteiger partial charge in [-0.2, -0.15) is 0 Å². The fraction of sp³-hybridized carbons (Fsp3) is 0.130. The number of hydrogen-bond acceptors (Lipinski definition) is 3. The van der Waals surface area contributed by atoms with E-state index in [-0.39, 0.29) is 24.4 Å². The van der Waals surface area contributed by atoms with Crippen LogP contribution in [0.1, 0.15) is 28.9 Å². The second kappa shape index (κ2) is 9.50. The van der Waals surface area contributed by atoms with Crippen LogP contribution in [0.3, 0.4) is 0 Å². The molecule has 0 unspecified atom stereocenters. The Morgan fingerprint density at radius 2 is 1.59 bits per heavy atom. The zero-order valence-corrected chi connectivity index (χ0v) is 15.9. The SMILES string of the molecule is C[C@@H](NC(=O)c1ccccc1NC(=O)COc1ccc(F)cc1)c1ccccc1. The Morgan fingerprint density at radius 3 is 2.31 bits per heavy atom. The molecule has 3 aromatic carbocycles. The predicted molar refractivity (Wildman–Crippen MR) is 109 cm³/mol. The second-order valence-corrected chi connectivity index (χ2v) is 6.44. The number of para-hydroxylation sites is 1. The van der Waals surface area contributed by atoms with Gasteiger partial charge < -0.3 is 15.4 Å². The molecule has 0 aromatic heterocycles. The van der Waals surface area contributed by atoms with Gasteiger partial charge in [0.05, 0.1) is 17.3 Å². The van der Waals surface area contributed by atoms with E-state index < -0.39 is 5.91 Å². The van der Waals surface area contributed by atoms with Crippen molar-refractivity contribution >= 4 is 17.5 Å². The Labute approximate surface area is 168 Å². The Bertz CT molecular complexity index is 975. The van der Waals surface area contributed by atoms with Crippen LogP contribution in [-0.2, 0) is 4.79 Å². The van der Waals surface area contributed by atoms with Crippen LogP contribution in [0.2, 0.25) is 0 Å². The van der Waals surface area contributed by atoms with Crippen molar-refractivity contribution in [3.8, 4) is 5.75 Å². The van der Waals surface area contributed by atoms with Crippen molar-refractivity contribution in [3.05, 3.63) is 95.8 Å². The predicted octanol–water partition coefficient (Wildman–Crippen LogP) is 4.33. The molecule has 5 nitrogen and oxygen atoms in total. The van der Waals surface area contributed by atoms with Crippen LogP contribution in [0, 0.1) is 5.82 Å². The highest BCUT2D eigenvalue weighted by atomic mass is 19.1. The third-order valence-electron chi connectivity index (χ3n) is 4.28. The first-order valence-corrected chi connectivity index (χ1v) is 9.16. The first-order valence-electron chi connectivity index (χ1n) is 9.16. The molecule has 29 heavy (non-hydrogen) atoms. The van der Waals surface area contributed by atoms with Gasteiger partial charge in [0.15, 0.2) is 6.61 Å². The highest BCUT2D eigenvalue weighted by Gasteiger charge is 2.16. The van der Waals surface area contributed by atoms with Crippen LogP contribution in [-0.4, -0.2) is 18.4 Å². The fourth-order valence-electron chi connectivity index (χ4n) is 2.76. The minimum atomic E-state index is -0.425. The van der Waals surface area contributed by atoms with E-state index >= 15 is 0 Å². The summed E-state index contributed by atoms with van der Waals surface area (Å²) in [6.07, 6.45) is 0. The van der Waals surface area contributed by atoms with E-state index in [1.54, 1.807) is 24.3 Å². The van der Waals surface area contributed by atoms with Gasteiger partial charge in [-0.3, -0.25) is 9.59 Å². The lowest BCUT2D eigenvalue weighted by molar-refractivity contribution is -0.118. The number of rotatable bonds is 7. The minimum absolute atomic E-state index is 0.186. The molecule has 2 amide bonds. The van der Waals surface area contributed by atoms with Crippen molar-refractivity contribution in [2.24, 2.45) is 0 Å². The number of halogens is 1. The van der Waals surface area contributed by atoms with Gasteiger partial charge in [-0.15, -0.1) is 0 Å². The van der Waals surface area contributed by atoms with Crippen molar-refractivity contribution < 1.29 is 18.7 Å². The van der Waals surface area contributed by atoms with Crippen molar-refractivity contribution in [1.82, 2.24) is 5.32 Å². The number of ether oxygens (including phenoxy) is 1. The number of amides is 2. The van der Waals surface area contributed by atoms with Crippen molar-refractivity contribution in [1.29, 1.82) is 0 Å². The van der Waals surface area contributed by atoms with E-state index in [0.29, 0.717) is 17.0 Å². The summed E-state index contributed by atoms with van der Waals surface area (Å²) in [6.45, 7) is 1.63. The summed E-state index contributed by atoms with van der Waals surface area (Å²) in [5.74, 6) is -0.724. The van der Waals surface area contributed by atoms with Gasteiger partial charge in [0.25, 0.3) is 11.8 Å². The maximum Gasteiger partial charge on any atom is 0.262 e. The number of carbonyl (C=O) groups is 2. The van der Waals surface area contributed by atoms with E-state index in [2.05, 4.69) is 10.6 Å². The van der Waals surface area contributed by atoms with E-state index in [1.807, 2.05) is 37.3 Å². The molecule has 2 N–H and O–H groups in total. The Balaban J connectivity index is 1.62. The average molecular weight is 392 g/mol. The smallest absolute Gasteiger partial charge is 0.262 e. The standard InChI is InChI=1S/C23H21FN2O3/c1-16(17-7-3-2-4-8-17)25-23(28)20-9-5-6-10-21(20)26-22(27)15-29-19-13-11-18(24)12-14-19/h2-14,16H,15H2,1H3,(H,25,28)(H,26,27)/t16-/m1/s1. The lowest BCUT2D eigenvalue weighted by atomic mass is 10.1. The summed E-state index contributed by atoms with van der Waals surface area (Å²) in [5, 5.41) is 5.62. The third kappa shape index (κ3) is 5.65. The van der Waals surface area contributed by atoms with Crippen molar-refractivity contribution in [2.45, 2.75) is 13.0 Å². The van der Waals surface area contributed by atoms with Gasteiger partial charge in [-0.1, -0.05) is 42.5 Å². The first-order chi connectivity index (χ1) is 14.0. The second-order valence-electron chi connectivity index (χ2n) is 6.44. The molecule has 3 rings (SSSR count). The summed E-state index contributed by atoms with van der Waals surface area (Å²) in [5.41, 5.74) is 1.72. The van der Waals surface area contributed by atoms with Crippen LogP contribution in [0.25, 0.3) is 0 Å².